The minimum atomic E-state index is -0.132. The van der Waals surface area contributed by atoms with Gasteiger partial charge in [0.15, 0.2) is 5.13 Å². The first-order chi connectivity index (χ1) is 15.7. The normalized spacial score (nSPS) is 22.3. The number of aromatic nitrogens is 4. The van der Waals surface area contributed by atoms with Gasteiger partial charge < -0.3 is 24.3 Å². The van der Waals surface area contributed by atoms with Crippen molar-refractivity contribution in [3.63, 3.8) is 0 Å². The van der Waals surface area contributed by atoms with Gasteiger partial charge >= 0.3 is 0 Å². The summed E-state index contributed by atoms with van der Waals surface area (Å²) in [5.74, 6) is 0.812. The van der Waals surface area contributed by atoms with E-state index in [1.54, 1.807) is 11.3 Å². The molecule has 32 heavy (non-hydrogen) atoms. The lowest BCUT2D eigenvalue weighted by molar-refractivity contribution is -0.119. The van der Waals surface area contributed by atoms with E-state index in [-0.39, 0.29) is 17.9 Å². The highest BCUT2D eigenvalue weighted by atomic mass is 32.1. The first-order valence-corrected chi connectivity index (χ1v) is 12.1. The van der Waals surface area contributed by atoms with Gasteiger partial charge in [-0.1, -0.05) is 11.3 Å². The molecular formula is C22H26N6O3S. The molecule has 2 atom stereocenters. The fraction of sp³-hybridized carbons (Fsp3) is 0.545. The molecule has 10 heteroatoms. The number of anilines is 1. The zero-order chi connectivity index (χ0) is 21.7. The van der Waals surface area contributed by atoms with Crippen LogP contribution in [0.5, 0.6) is 5.88 Å². The van der Waals surface area contributed by atoms with Crippen LogP contribution in [0.25, 0.3) is 21.6 Å². The smallest absolute Gasteiger partial charge is 0.241 e. The summed E-state index contributed by atoms with van der Waals surface area (Å²) in [4.78, 5) is 29.2. The van der Waals surface area contributed by atoms with Crippen LogP contribution in [0.2, 0.25) is 0 Å². The molecular weight excluding hydrogens is 428 g/mol. The summed E-state index contributed by atoms with van der Waals surface area (Å²) in [5, 5.41) is 3.89. The molecule has 3 aromatic heterocycles. The number of hydrogen-bond donors (Lipinski definition) is 1. The second-order valence-corrected chi connectivity index (χ2v) is 9.77. The third kappa shape index (κ3) is 3.71. The molecule has 168 valence electrons. The van der Waals surface area contributed by atoms with Crippen molar-refractivity contribution in [2.45, 2.75) is 38.3 Å². The predicted molar refractivity (Wildman–Crippen MR) is 121 cm³/mol. The Hall–Kier alpha value is -2.72. The summed E-state index contributed by atoms with van der Waals surface area (Å²) >= 11 is 1.63. The highest BCUT2D eigenvalue weighted by molar-refractivity contribution is 7.18. The molecule has 0 unspecified atom stereocenters. The van der Waals surface area contributed by atoms with Crippen LogP contribution in [-0.2, 0) is 9.53 Å². The topological polar surface area (TPSA) is 94.4 Å². The lowest BCUT2D eigenvalue weighted by atomic mass is 10.0. The molecule has 9 nitrogen and oxygen atoms in total. The van der Waals surface area contributed by atoms with Crippen LogP contribution in [0.4, 0.5) is 5.13 Å². The molecule has 1 aliphatic carbocycles. The number of fused-ring (bicyclic) bond motifs is 1. The predicted octanol–water partition coefficient (Wildman–Crippen LogP) is 2.63. The number of nitrogens with one attached hydrogen (secondary N) is 1. The van der Waals surface area contributed by atoms with Gasteiger partial charge in [0, 0.05) is 44.2 Å². The summed E-state index contributed by atoms with van der Waals surface area (Å²) in [7, 11) is 0. The summed E-state index contributed by atoms with van der Waals surface area (Å²) in [6.07, 6.45) is 6.45. The van der Waals surface area contributed by atoms with Crippen molar-refractivity contribution in [2.24, 2.45) is 5.92 Å². The average molecular weight is 455 g/mol. The molecule has 1 amide bonds. The van der Waals surface area contributed by atoms with Crippen molar-refractivity contribution < 1.29 is 14.3 Å². The maximum absolute atomic E-state index is 11.7. The second-order valence-electron chi connectivity index (χ2n) is 8.76. The van der Waals surface area contributed by atoms with Gasteiger partial charge in [-0.3, -0.25) is 4.79 Å². The van der Waals surface area contributed by atoms with Gasteiger partial charge in [-0.25, -0.2) is 15.0 Å². The molecule has 2 saturated heterocycles. The Morgan fingerprint density at radius 3 is 2.88 bits per heavy atom. The van der Waals surface area contributed by atoms with E-state index < -0.39 is 0 Å². The molecule has 2 aliphatic heterocycles. The molecule has 3 aliphatic rings. The van der Waals surface area contributed by atoms with E-state index in [4.69, 9.17) is 14.5 Å². The van der Waals surface area contributed by atoms with Crippen LogP contribution in [0, 0.1) is 5.92 Å². The monoisotopic (exact) mass is 454 g/mol. The molecule has 0 spiro atoms. The number of amides is 1. The number of carbonyl (C=O) groups excluding carboxylic acids is 1. The Bertz CT molecular complexity index is 1150. The molecule has 1 saturated carbocycles. The largest absolute Gasteiger partial charge is 0.473 e. The summed E-state index contributed by atoms with van der Waals surface area (Å²) in [5.41, 5.74) is 2.64. The summed E-state index contributed by atoms with van der Waals surface area (Å²) in [6.45, 7) is 5.82. The molecule has 6 rings (SSSR count). The zero-order valence-corrected chi connectivity index (χ0v) is 18.8. The number of nitrogens with zero attached hydrogens (tertiary/aromatic N) is 5. The highest BCUT2D eigenvalue weighted by Crippen LogP contribution is 2.41. The van der Waals surface area contributed by atoms with E-state index >= 15 is 0 Å². The van der Waals surface area contributed by atoms with Crippen LogP contribution < -0.4 is 15.0 Å². The highest BCUT2D eigenvalue weighted by Gasteiger charge is 2.31. The Kier molecular flexibility index (Phi) is 4.98. The van der Waals surface area contributed by atoms with E-state index in [1.165, 1.54) is 0 Å². The number of pyridine rings is 1. The molecule has 0 aromatic carbocycles. The van der Waals surface area contributed by atoms with Crippen molar-refractivity contribution >= 4 is 33.4 Å². The Morgan fingerprint density at radius 2 is 2.12 bits per heavy atom. The van der Waals surface area contributed by atoms with Gasteiger partial charge in [-0.15, -0.1) is 0 Å². The fourth-order valence-corrected chi connectivity index (χ4v) is 5.31. The Labute approximate surface area is 189 Å². The van der Waals surface area contributed by atoms with Crippen molar-refractivity contribution in [3.05, 3.63) is 18.6 Å². The first kappa shape index (κ1) is 19.9. The molecule has 3 fully saturated rings. The third-order valence-corrected chi connectivity index (χ3v) is 7.54. The minimum Gasteiger partial charge on any atom is -0.473 e. The number of morpholine rings is 1. The SMILES string of the molecule is C[C@@H](Oc1nc(-c2cnc(N3CCOCC3)s2)cc2ncn(C3CC3)c12)[C@H]1CNC(=O)C1. The Balaban J connectivity index is 1.35. The molecule has 3 aromatic rings. The van der Waals surface area contributed by atoms with Gasteiger partial charge in [0.2, 0.25) is 11.8 Å². The van der Waals surface area contributed by atoms with Gasteiger partial charge in [0.25, 0.3) is 0 Å². The molecule has 0 bridgehead atoms. The van der Waals surface area contributed by atoms with E-state index in [1.807, 2.05) is 25.5 Å². The third-order valence-electron chi connectivity index (χ3n) is 6.46. The van der Waals surface area contributed by atoms with E-state index in [2.05, 4.69) is 24.8 Å². The zero-order valence-electron chi connectivity index (χ0n) is 18.0. The van der Waals surface area contributed by atoms with Gasteiger partial charge in [0.1, 0.15) is 11.6 Å². The molecule has 1 N–H and O–H groups in total. The minimum absolute atomic E-state index is 0.0839. The van der Waals surface area contributed by atoms with Crippen LogP contribution in [0.3, 0.4) is 0 Å². The lowest BCUT2D eigenvalue weighted by Crippen LogP contribution is -2.36. The van der Waals surface area contributed by atoms with Crippen molar-refractivity contribution in [1.82, 2.24) is 24.8 Å². The number of imidazole rings is 1. The number of rotatable bonds is 6. The number of ether oxygens (including phenoxy) is 2. The van der Waals surface area contributed by atoms with Crippen LogP contribution in [0.1, 0.15) is 32.2 Å². The number of thiazole rings is 1. The van der Waals surface area contributed by atoms with Gasteiger partial charge in [-0.2, -0.15) is 0 Å². The van der Waals surface area contributed by atoms with Crippen molar-refractivity contribution in [2.75, 3.05) is 37.7 Å². The van der Waals surface area contributed by atoms with E-state index in [0.29, 0.717) is 24.9 Å². The van der Waals surface area contributed by atoms with Gasteiger partial charge in [0.05, 0.1) is 35.6 Å². The van der Waals surface area contributed by atoms with Crippen molar-refractivity contribution in [3.8, 4) is 16.5 Å². The molecule has 0 radical (unpaired) electrons. The number of hydrogen-bond acceptors (Lipinski definition) is 8. The summed E-state index contributed by atoms with van der Waals surface area (Å²) in [6, 6.07) is 2.50. The maximum atomic E-state index is 11.7. The van der Waals surface area contributed by atoms with Crippen LogP contribution >= 0.6 is 11.3 Å². The van der Waals surface area contributed by atoms with E-state index in [9.17, 15) is 4.79 Å². The average Bonchev–Trinajstić information content (AvgIpc) is 3.19. The second kappa shape index (κ2) is 8.00. The van der Waals surface area contributed by atoms with Crippen LogP contribution in [-0.4, -0.2) is 64.4 Å². The van der Waals surface area contributed by atoms with Crippen LogP contribution in [0.15, 0.2) is 18.6 Å². The first-order valence-electron chi connectivity index (χ1n) is 11.3. The number of carbonyl (C=O) groups is 1. The standard InChI is InChI=1S/C22H26N6O3S/c1-13(14-8-19(29)23-10-14)31-21-20-17(25-12-28(20)15-2-3-15)9-16(26-21)18-11-24-22(32-18)27-4-6-30-7-5-27/h9,11-15H,2-8,10H2,1H3,(H,23,29)/t13-,14-/m1/s1. The molecule has 5 heterocycles. The maximum Gasteiger partial charge on any atom is 0.241 e. The van der Waals surface area contributed by atoms with Crippen molar-refractivity contribution in [1.29, 1.82) is 0 Å². The van der Waals surface area contributed by atoms with Gasteiger partial charge in [-0.05, 0) is 25.8 Å². The Morgan fingerprint density at radius 1 is 1.28 bits per heavy atom. The summed E-state index contributed by atoms with van der Waals surface area (Å²) < 4.78 is 14.1. The lowest BCUT2D eigenvalue weighted by Gasteiger charge is -2.25. The quantitative estimate of drug-likeness (QED) is 0.612. The fourth-order valence-electron chi connectivity index (χ4n) is 4.38. The van der Waals surface area contributed by atoms with E-state index in [0.717, 1.165) is 65.9 Å².